The molecule has 4 amide bonds. The molecule has 2 saturated heterocycles. The Bertz CT molecular complexity index is 1210. The third kappa shape index (κ3) is 3.16. The number of primary amides is 1. The Balaban J connectivity index is 1.55. The van der Waals surface area contributed by atoms with E-state index in [1.807, 2.05) is 56.3 Å². The van der Waals surface area contributed by atoms with Gasteiger partial charge in [0.15, 0.2) is 0 Å². The molecule has 0 aromatic heterocycles. The van der Waals surface area contributed by atoms with Crippen molar-refractivity contribution in [3.63, 3.8) is 0 Å². The summed E-state index contributed by atoms with van der Waals surface area (Å²) >= 11 is 0. The van der Waals surface area contributed by atoms with E-state index in [1.165, 1.54) is 4.90 Å². The van der Waals surface area contributed by atoms with Crippen molar-refractivity contribution in [3.8, 4) is 0 Å². The van der Waals surface area contributed by atoms with Crippen LogP contribution in [0.1, 0.15) is 35.1 Å². The van der Waals surface area contributed by atoms with E-state index in [2.05, 4.69) is 10.6 Å². The van der Waals surface area contributed by atoms with Crippen molar-refractivity contribution in [2.24, 2.45) is 17.6 Å². The molecular formula is C26H28N4O4. The molecule has 2 aromatic rings. The van der Waals surface area contributed by atoms with Gasteiger partial charge in [-0.1, -0.05) is 42.5 Å². The van der Waals surface area contributed by atoms with Gasteiger partial charge in [0.25, 0.3) is 0 Å². The number of imide groups is 1. The molecule has 4 N–H and O–H groups in total. The molecule has 2 fully saturated rings. The van der Waals surface area contributed by atoms with Crippen LogP contribution in [0.2, 0.25) is 0 Å². The normalized spacial score (nSPS) is 27.3. The minimum atomic E-state index is -1.35. The lowest BCUT2D eigenvalue weighted by Crippen LogP contribution is -2.53. The minimum absolute atomic E-state index is 0.0594. The monoisotopic (exact) mass is 460 g/mol. The number of anilines is 1. The average Bonchev–Trinajstić information content (AvgIpc) is 3.39. The maximum Gasteiger partial charge on any atom is 0.250 e. The van der Waals surface area contributed by atoms with E-state index in [9.17, 15) is 19.2 Å². The van der Waals surface area contributed by atoms with E-state index >= 15 is 0 Å². The third-order valence-electron chi connectivity index (χ3n) is 7.68. The van der Waals surface area contributed by atoms with E-state index in [-0.39, 0.29) is 37.1 Å². The Labute approximate surface area is 197 Å². The number of hydrogen-bond donors (Lipinski definition) is 3. The highest BCUT2D eigenvalue weighted by Gasteiger charge is 2.70. The van der Waals surface area contributed by atoms with Crippen LogP contribution in [0, 0.1) is 25.7 Å². The van der Waals surface area contributed by atoms with Gasteiger partial charge in [-0.3, -0.25) is 29.4 Å². The summed E-state index contributed by atoms with van der Waals surface area (Å²) in [5.41, 5.74) is 8.38. The predicted octanol–water partition coefficient (Wildman–Crippen LogP) is 1.53. The van der Waals surface area contributed by atoms with Gasteiger partial charge in [0, 0.05) is 30.3 Å². The molecule has 0 aliphatic carbocycles. The molecule has 0 saturated carbocycles. The van der Waals surface area contributed by atoms with Gasteiger partial charge in [-0.25, -0.2) is 0 Å². The molecule has 34 heavy (non-hydrogen) atoms. The molecule has 3 heterocycles. The van der Waals surface area contributed by atoms with E-state index in [1.54, 1.807) is 0 Å². The fraction of sp³-hybridized carbons (Fsp3) is 0.385. The molecule has 5 rings (SSSR count). The standard InChI is InChI=1S/C26H28N4O4/c1-14-8-9-17-22(15(14)2)28-25(34)26(17)21-20(18(29-26)10-11-19(27)31)23(32)30(24(21)33)13-12-16-6-4-3-5-7-16/h3-9,18,20-21,29H,10-13H2,1-2H3,(H2,27,31)(H,28,34)/t18-,20+,21-,26-/m0/s1. The van der Waals surface area contributed by atoms with Gasteiger partial charge in [-0.15, -0.1) is 0 Å². The number of nitrogens with one attached hydrogen (secondary N) is 2. The minimum Gasteiger partial charge on any atom is -0.370 e. The zero-order chi connectivity index (χ0) is 24.2. The summed E-state index contributed by atoms with van der Waals surface area (Å²) in [7, 11) is 0. The largest absolute Gasteiger partial charge is 0.370 e. The van der Waals surface area contributed by atoms with Crippen molar-refractivity contribution in [3.05, 3.63) is 64.7 Å². The SMILES string of the molecule is Cc1ccc2c(c1C)NC(=O)[C@]21N[C@@H](CCC(N)=O)[C@H]2C(=O)N(CCc3ccccc3)C(=O)[C@H]21. The third-order valence-corrected chi connectivity index (χ3v) is 7.68. The molecule has 2 aromatic carbocycles. The molecule has 1 spiro atoms. The van der Waals surface area contributed by atoms with Crippen LogP contribution >= 0.6 is 0 Å². The Morgan fingerprint density at radius 1 is 1.06 bits per heavy atom. The van der Waals surface area contributed by atoms with Crippen LogP contribution in [0.5, 0.6) is 0 Å². The molecule has 0 unspecified atom stereocenters. The summed E-state index contributed by atoms with van der Waals surface area (Å²) in [6.07, 6.45) is 0.867. The van der Waals surface area contributed by atoms with E-state index < -0.39 is 29.3 Å². The number of amides is 4. The second kappa shape index (κ2) is 8.06. The predicted molar refractivity (Wildman–Crippen MR) is 125 cm³/mol. The maximum atomic E-state index is 13.8. The highest BCUT2D eigenvalue weighted by atomic mass is 16.2. The van der Waals surface area contributed by atoms with Crippen molar-refractivity contribution in [2.75, 3.05) is 11.9 Å². The summed E-state index contributed by atoms with van der Waals surface area (Å²) in [6.45, 7) is 4.13. The van der Waals surface area contributed by atoms with Crippen LogP contribution in [0.25, 0.3) is 0 Å². The molecule has 8 nitrogen and oxygen atoms in total. The summed E-state index contributed by atoms with van der Waals surface area (Å²) in [5, 5.41) is 6.31. The molecule has 4 atom stereocenters. The molecule has 3 aliphatic heterocycles. The highest BCUT2D eigenvalue weighted by molar-refractivity contribution is 6.15. The number of nitrogens with two attached hydrogens (primary N) is 1. The molecule has 3 aliphatic rings. The van der Waals surface area contributed by atoms with Crippen LogP contribution in [-0.2, 0) is 31.1 Å². The Morgan fingerprint density at radius 2 is 1.79 bits per heavy atom. The first-order chi connectivity index (χ1) is 16.3. The topological polar surface area (TPSA) is 122 Å². The fourth-order valence-electron chi connectivity index (χ4n) is 5.83. The first kappa shape index (κ1) is 22.3. The average molecular weight is 461 g/mol. The first-order valence-corrected chi connectivity index (χ1v) is 11.6. The fourth-order valence-corrected chi connectivity index (χ4v) is 5.83. The number of rotatable bonds is 6. The second-order valence-electron chi connectivity index (χ2n) is 9.52. The molecular weight excluding hydrogens is 432 g/mol. The Hall–Kier alpha value is -3.52. The quantitative estimate of drug-likeness (QED) is 0.565. The van der Waals surface area contributed by atoms with Crippen molar-refractivity contribution in [2.45, 2.75) is 44.7 Å². The number of carbonyl (C=O) groups is 4. The molecule has 0 bridgehead atoms. The molecule has 0 radical (unpaired) electrons. The van der Waals surface area contributed by atoms with Gasteiger partial charge in [-0.05, 0) is 43.4 Å². The Morgan fingerprint density at radius 3 is 2.50 bits per heavy atom. The van der Waals surface area contributed by atoms with Crippen LogP contribution in [-0.4, -0.2) is 41.1 Å². The Kier molecular flexibility index (Phi) is 5.28. The first-order valence-electron chi connectivity index (χ1n) is 11.6. The number of carbonyl (C=O) groups excluding carboxylic acids is 4. The summed E-state index contributed by atoms with van der Waals surface area (Å²) in [4.78, 5) is 53.7. The van der Waals surface area contributed by atoms with Crippen LogP contribution in [0.15, 0.2) is 42.5 Å². The summed E-state index contributed by atoms with van der Waals surface area (Å²) in [5.74, 6) is -3.08. The van der Waals surface area contributed by atoms with E-state index in [0.29, 0.717) is 17.7 Å². The van der Waals surface area contributed by atoms with Crippen molar-refractivity contribution >= 4 is 29.3 Å². The van der Waals surface area contributed by atoms with Crippen LogP contribution in [0.3, 0.4) is 0 Å². The number of likely N-dealkylation sites (tertiary alicyclic amines) is 1. The van der Waals surface area contributed by atoms with E-state index in [0.717, 1.165) is 16.7 Å². The number of benzene rings is 2. The van der Waals surface area contributed by atoms with Crippen molar-refractivity contribution < 1.29 is 19.2 Å². The van der Waals surface area contributed by atoms with Crippen LogP contribution in [0.4, 0.5) is 5.69 Å². The van der Waals surface area contributed by atoms with Gasteiger partial charge in [0.05, 0.1) is 11.8 Å². The lowest BCUT2D eigenvalue weighted by Gasteiger charge is -2.29. The number of nitrogens with zero attached hydrogens (tertiary/aromatic N) is 1. The number of aryl methyl sites for hydroxylation is 1. The second-order valence-corrected chi connectivity index (χ2v) is 9.52. The van der Waals surface area contributed by atoms with E-state index in [4.69, 9.17) is 5.73 Å². The van der Waals surface area contributed by atoms with Gasteiger partial charge in [0.1, 0.15) is 5.54 Å². The lowest BCUT2D eigenvalue weighted by atomic mass is 9.76. The zero-order valence-corrected chi connectivity index (χ0v) is 19.3. The highest BCUT2D eigenvalue weighted by Crippen LogP contribution is 2.54. The lowest BCUT2D eigenvalue weighted by molar-refractivity contribution is -0.142. The molecule has 8 heteroatoms. The van der Waals surface area contributed by atoms with Gasteiger partial charge in [0.2, 0.25) is 23.6 Å². The van der Waals surface area contributed by atoms with Crippen molar-refractivity contribution in [1.82, 2.24) is 10.2 Å². The number of fused-ring (bicyclic) bond motifs is 4. The summed E-state index contributed by atoms with van der Waals surface area (Å²) in [6, 6.07) is 12.9. The van der Waals surface area contributed by atoms with Gasteiger partial charge < -0.3 is 11.1 Å². The van der Waals surface area contributed by atoms with Gasteiger partial charge in [-0.2, -0.15) is 0 Å². The summed E-state index contributed by atoms with van der Waals surface area (Å²) < 4.78 is 0. The smallest absolute Gasteiger partial charge is 0.250 e. The van der Waals surface area contributed by atoms with Gasteiger partial charge >= 0.3 is 0 Å². The zero-order valence-electron chi connectivity index (χ0n) is 19.3. The van der Waals surface area contributed by atoms with Crippen LogP contribution < -0.4 is 16.4 Å². The number of hydrogen-bond acceptors (Lipinski definition) is 5. The van der Waals surface area contributed by atoms with Crippen molar-refractivity contribution in [1.29, 1.82) is 0 Å². The maximum absolute atomic E-state index is 13.8. The molecule has 176 valence electrons.